The predicted octanol–water partition coefficient (Wildman–Crippen LogP) is 7.29. The highest BCUT2D eigenvalue weighted by molar-refractivity contribution is 6.02. The highest BCUT2D eigenvalue weighted by Crippen LogP contribution is 2.54. The molecule has 57 heavy (non-hydrogen) atoms. The lowest BCUT2D eigenvalue weighted by molar-refractivity contribution is -0.137. The van der Waals surface area contributed by atoms with E-state index in [1.54, 1.807) is 18.0 Å². The number of aromatic nitrogens is 3. The summed E-state index contributed by atoms with van der Waals surface area (Å²) < 4.78 is 10.2. The monoisotopic (exact) mass is 769 g/mol. The summed E-state index contributed by atoms with van der Waals surface area (Å²) in [5.41, 5.74) is 8.58. The van der Waals surface area contributed by atoms with Crippen molar-refractivity contribution < 1.29 is 23.9 Å². The number of aliphatic imine (C=N–C) groups is 1. The summed E-state index contributed by atoms with van der Waals surface area (Å²) in [6.07, 6.45) is 11.9. The van der Waals surface area contributed by atoms with E-state index < -0.39 is 18.2 Å². The summed E-state index contributed by atoms with van der Waals surface area (Å²) in [7, 11) is 2.78. The second-order valence-corrected chi connectivity index (χ2v) is 15.9. The van der Waals surface area contributed by atoms with Crippen LogP contribution in [0, 0.1) is 23.7 Å². The number of fused-ring (bicyclic) bond motifs is 2. The molecule has 0 spiro atoms. The molecule has 2 aromatic carbocycles. The van der Waals surface area contributed by atoms with Gasteiger partial charge >= 0.3 is 6.09 Å². The molecular weight excluding hydrogens is 719 g/mol. The Morgan fingerprint density at radius 1 is 0.877 bits per heavy atom. The minimum Gasteiger partial charge on any atom is -0.453 e. The fraction of sp³-hybridized carbons (Fsp3) is 0.422. The number of imidazole rings is 1. The van der Waals surface area contributed by atoms with Gasteiger partial charge < -0.3 is 30.0 Å². The van der Waals surface area contributed by atoms with Gasteiger partial charge in [0.1, 0.15) is 11.9 Å². The van der Waals surface area contributed by atoms with Crippen LogP contribution in [0.2, 0.25) is 0 Å². The maximum absolute atomic E-state index is 13.7. The van der Waals surface area contributed by atoms with Crippen LogP contribution in [0.5, 0.6) is 0 Å². The van der Waals surface area contributed by atoms with Gasteiger partial charge in [0.15, 0.2) is 0 Å². The van der Waals surface area contributed by atoms with Crippen molar-refractivity contribution in [1.29, 1.82) is 0 Å². The van der Waals surface area contributed by atoms with Crippen molar-refractivity contribution in [3.05, 3.63) is 102 Å². The lowest BCUT2D eigenvalue weighted by Crippen LogP contribution is -2.54. The van der Waals surface area contributed by atoms with E-state index in [4.69, 9.17) is 14.5 Å². The standard InChI is InChI=1S/C45H51N7O5/c1-26(34-7-5-19-46-23-34)49-43(53)40-33-18-17-32(21-33)39(40)36-22-35(24-47-36)30-11-9-28(10-12-30)29-13-15-31(16-14-29)37-25-48-42(50-37)38-8-6-20-52(38)44(54)41(27(2)56-3)51-45(55)57-4/h5,7,9-16,19,23-27,32-33,38-41H,6,8,17-18,20-22H2,1-4H3,(H,48,50)(H,49,53)(H,51,55)/t26?,27-,32?,33?,38+,39?,40-,41+/m1/s1. The summed E-state index contributed by atoms with van der Waals surface area (Å²) in [4.78, 5) is 58.5. The zero-order valence-corrected chi connectivity index (χ0v) is 33.0. The first-order chi connectivity index (χ1) is 27.7. The molecule has 4 unspecified atom stereocenters. The number of methoxy groups -OCH3 is 2. The van der Waals surface area contributed by atoms with Gasteiger partial charge in [-0.05, 0) is 97.2 Å². The number of hydrogen-bond donors (Lipinski definition) is 3. The average Bonchev–Trinajstić information content (AvgIpc) is 4.11. The summed E-state index contributed by atoms with van der Waals surface area (Å²) in [6.45, 7) is 4.33. The first kappa shape index (κ1) is 38.3. The number of hydrogen-bond acceptors (Lipinski definition) is 8. The molecular formula is C45H51N7O5. The number of allylic oxidation sites excluding steroid dienone is 1. The highest BCUT2D eigenvalue weighted by atomic mass is 16.5. The zero-order chi connectivity index (χ0) is 39.6. The van der Waals surface area contributed by atoms with Gasteiger partial charge in [0.2, 0.25) is 11.8 Å². The van der Waals surface area contributed by atoms with Crippen LogP contribution in [0.25, 0.3) is 28.0 Å². The molecule has 1 saturated heterocycles. The Bertz CT molecular complexity index is 2150. The van der Waals surface area contributed by atoms with Gasteiger partial charge in [-0.15, -0.1) is 0 Å². The Hall–Kier alpha value is -5.62. The lowest BCUT2D eigenvalue weighted by atomic mass is 9.74. The third kappa shape index (κ3) is 7.75. The van der Waals surface area contributed by atoms with Crippen LogP contribution in [0.15, 0.2) is 90.4 Å². The Labute approximate surface area is 333 Å². The minimum absolute atomic E-state index is 0.0331. The van der Waals surface area contributed by atoms with E-state index in [0.717, 1.165) is 71.3 Å². The van der Waals surface area contributed by atoms with Crippen molar-refractivity contribution in [3.63, 3.8) is 0 Å². The zero-order valence-electron chi connectivity index (χ0n) is 33.0. The normalized spacial score (nSPS) is 24.1. The molecule has 8 rings (SSSR count). The third-order valence-corrected chi connectivity index (χ3v) is 12.7. The van der Waals surface area contributed by atoms with Crippen molar-refractivity contribution in [2.45, 2.75) is 76.6 Å². The van der Waals surface area contributed by atoms with Crippen molar-refractivity contribution >= 4 is 29.2 Å². The topological polar surface area (TPSA) is 151 Å². The molecule has 2 aliphatic heterocycles. The molecule has 2 aliphatic carbocycles. The number of aromatic amines is 1. The van der Waals surface area contributed by atoms with Gasteiger partial charge in [0.05, 0.1) is 37.2 Å². The molecule has 4 aliphatic rings. The molecule has 8 atom stereocenters. The number of alkyl carbamates (subject to hydrolysis) is 1. The molecule has 12 nitrogen and oxygen atoms in total. The van der Waals surface area contributed by atoms with Crippen LogP contribution < -0.4 is 10.6 Å². The third-order valence-electron chi connectivity index (χ3n) is 12.7. The summed E-state index contributed by atoms with van der Waals surface area (Å²) in [5.74, 6) is 1.72. The van der Waals surface area contributed by atoms with Crippen LogP contribution in [-0.4, -0.2) is 76.4 Å². The first-order valence-electron chi connectivity index (χ1n) is 20.1. The van der Waals surface area contributed by atoms with E-state index in [1.807, 2.05) is 37.7 Å². The number of likely N-dealkylation sites (tertiary alicyclic amines) is 1. The van der Waals surface area contributed by atoms with Gasteiger partial charge in [-0.25, -0.2) is 9.78 Å². The van der Waals surface area contributed by atoms with E-state index in [0.29, 0.717) is 24.2 Å². The van der Waals surface area contributed by atoms with Crippen molar-refractivity contribution in [1.82, 2.24) is 30.5 Å². The molecule has 3 amide bonds. The van der Waals surface area contributed by atoms with Crippen molar-refractivity contribution in [2.24, 2.45) is 28.7 Å². The Morgan fingerprint density at radius 3 is 2.30 bits per heavy atom. The molecule has 2 aromatic heterocycles. The van der Waals surface area contributed by atoms with E-state index in [9.17, 15) is 14.4 Å². The van der Waals surface area contributed by atoms with E-state index in [2.05, 4.69) is 74.1 Å². The summed E-state index contributed by atoms with van der Waals surface area (Å²) in [5, 5.41) is 5.93. The average molecular weight is 770 g/mol. The Kier molecular flexibility index (Phi) is 11.1. The van der Waals surface area contributed by atoms with E-state index in [1.165, 1.54) is 26.2 Å². The number of benzene rings is 2. The van der Waals surface area contributed by atoms with Crippen LogP contribution >= 0.6 is 0 Å². The molecule has 3 fully saturated rings. The van der Waals surface area contributed by atoms with Crippen molar-refractivity contribution in [3.8, 4) is 22.4 Å². The number of amides is 3. The second kappa shape index (κ2) is 16.5. The number of carbonyl (C=O) groups is 3. The van der Waals surface area contributed by atoms with Crippen LogP contribution in [0.3, 0.4) is 0 Å². The first-order valence-corrected chi connectivity index (χ1v) is 20.1. The maximum atomic E-state index is 13.7. The molecule has 3 N–H and O–H groups in total. The van der Waals surface area contributed by atoms with Gasteiger partial charge in [-0.2, -0.15) is 0 Å². The molecule has 2 saturated carbocycles. The second-order valence-electron chi connectivity index (χ2n) is 15.9. The van der Waals surface area contributed by atoms with Gasteiger partial charge in [0.25, 0.3) is 0 Å². The van der Waals surface area contributed by atoms with Gasteiger partial charge in [-0.1, -0.05) is 54.6 Å². The SMILES string of the molecule is COC(=O)N[C@H](C(=O)N1CCC[C@H]1c1ncc(-c2ccc(-c3ccc(C4=CN=C(C5C6CCC(C6)[C@H]5C(=O)NC(C)c5cccnc5)C4)cc3)cc2)[nH]1)[C@@H](C)OC. The minimum atomic E-state index is -0.882. The molecule has 4 aromatic rings. The number of H-pyrrole nitrogens is 1. The summed E-state index contributed by atoms with van der Waals surface area (Å²) in [6, 6.07) is 19.7. The number of rotatable bonds is 12. The summed E-state index contributed by atoms with van der Waals surface area (Å²) >= 11 is 0. The molecule has 4 heterocycles. The number of ether oxygens (including phenoxy) is 2. The lowest BCUT2D eigenvalue weighted by Gasteiger charge is -2.31. The van der Waals surface area contributed by atoms with Crippen LogP contribution in [0.4, 0.5) is 4.79 Å². The molecule has 296 valence electrons. The largest absolute Gasteiger partial charge is 0.453 e. The molecule has 2 bridgehead atoms. The quantitative estimate of drug-likeness (QED) is 0.137. The fourth-order valence-corrected chi connectivity index (χ4v) is 9.57. The van der Waals surface area contributed by atoms with E-state index in [-0.39, 0.29) is 35.7 Å². The van der Waals surface area contributed by atoms with Crippen molar-refractivity contribution in [2.75, 3.05) is 20.8 Å². The highest BCUT2D eigenvalue weighted by Gasteiger charge is 2.53. The number of pyridine rings is 1. The Morgan fingerprint density at radius 2 is 1.60 bits per heavy atom. The fourth-order valence-electron chi connectivity index (χ4n) is 9.57. The molecule has 0 radical (unpaired) electrons. The number of carbonyl (C=O) groups excluding carboxylic acids is 3. The predicted molar refractivity (Wildman–Crippen MR) is 218 cm³/mol. The van der Waals surface area contributed by atoms with E-state index >= 15 is 0 Å². The molecule has 12 heteroatoms. The number of nitrogens with one attached hydrogen (secondary N) is 3. The van der Waals surface area contributed by atoms with Gasteiger partial charge in [-0.3, -0.25) is 19.6 Å². The van der Waals surface area contributed by atoms with Crippen LogP contribution in [-0.2, 0) is 19.1 Å². The van der Waals surface area contributed by atoms with Crippen LogP contribution in [0.1, 0.15) is 81.4 Å². The maximum Gasteiger partial charge on any atom is 0.407 e. The smallest absolute Gasteiger partial charge is 0.407 e. The van der Waals surface area contributed by atoms with Gasteiger partial charge in [0, 0.05) is 56.2 Å². The Balaban J connectivity index is 0.893. The number of nitrogens with zero attached hydrogens (tertiary/aromatic N) is 4.